The number of carbonyl (C=O) groups excluding carboxylic acids is 1. The van der Waals surface area contributed by atoms with Crippen molar-refractivity contribution in [3.8, 4) is 0 Å². The van der Waals surface area contributed by atoms with Crippen LogP contribution in [0, 0.1) is 5.92 Å². The van der Waals surface area contributed by atoms with Crippen molar-refractivity contribution in [2.45, 2.75) is 6.42 Å². The third-order valence-corrected chi connectivity index (χ3v) is 3.49. The van der Waals surface area contributed by atoms with Crippen molar-refractivity contribution in [1.29, 1.82) is 0 Å². The van der Waals surface area contributed by atoms with Crippen LogP contribution in [-0.4, -0.2) is 37.5 Å². The van der Waals surface area contributed by atoms with Gasteiger partial charge in [-0.2, -0.15) is 11.3 Å². The molecule has 1 aromatic heterocycles. The molecule has 1 atom stereocenters. The summed E-state index contributed by atoms with van der Waals surface area (Å²) in [5.41, 5.74) is 0.813. The highest BCUT2D eigenvalue weighted by Gasteiger charge is 2.19. The van der Waals surface area contributed by atoms with Gasteiger partial charge in [0.1, 0.15) is 0 Å². The zero-order valence-electron chi connectivity index (χ0n) is 9.31. The van der Waals surface area contributed by atoms with Gasteiger partial charge in [0.2, 0.25) is 0 Å². The molecule has 3 nitrogen and oxygen atoms in total. The van der Waals surface area contributed by atoms with E-state index in [1.165, 1.54) is 6.42 Å². The van der Waals surface area contributed by atoms with E-state index in [1.807, 2.05) is 28.8 Å². The normalized spacial score (nSPS) is 19.2. The first-order chi connectivity index (χ1) is 7.27. The van der Waals surface area contributed by atoms with Gasteiger partial charge in [0.25, 0.3) is 5.91 Å². The second-order valence-electron chi connectivity index (χ2n) is 4.06. The molecule has 2 heterocycles. The van der Waals surface area contributed by atoms with Crippen molar-refractivity contribution in [2.24, 2.45) is 5.92 Å². The number of thiophene rings is 1. The Labute approximate surface area is 106 Å². The number of nitrogens with zero attached hydrogens (tertiary/aromatic N) is 1. The molecular formula is C11H17ClN2OS. The van der Waals surface area contributed by atoms with Gasteiger partial charge in [-0.1, -0.05) is 0 Å². The number of rotatable bonds is 3. The molecule has 2 rings (SSSR count). The fraction of sp³-hybridized carbons (Fsp3) is 0.545. The predicted molar refractivity (Wildman–Crippen MR) is 69.5 cm³/mol. The number of hydrogen-bond acceptors (Lipinski definition) is 3. The lowest BCUT2D eigenvalue weighted by Crippen LogP contribution is -2.32. The molecule has 0 bridgehead atoms. The molecule has 1 aromatic rings. The van der Waals surface area contributed by atoms with Gasteiger partial charge in [0.15, 0.2) is 0 Å². The Bertz CT molecular complexity index is 323. The van der Waals surface area contributed by atoms with Crippen molar-refractivity contribution in [1.82, 2.24) is 10.2 Å². The molecular weight excluding hydrogens is 244 g/mol. The van der Waals surface area contributed by atoms with Crippen LogP contribution >= 0.6 is 23.7 Å². The Balaban J connectivity index is 0.00000128. The molecule has 1 saturated heterocycles. The van der Waals surface area contributed by atoms with E-state index in [1.54, 1.807) is 11.3 Å². The van der Waals surface area contributed by atoms with Crippen molar-refractivity contribution in [3.63, 3.8) is 0 Å². The van der Waals surface area contributed by atoms with Crippen LogP contribution in [0.2, 0.25) is 0 Å². The Hall–Kier alpha value is -0.580. The molecule has 1 unspecified atom stereocenters. The van der Waals surface area contributed by atoms with Crippen LogP contribution < -0.4 is 5.32 Å². The van der Waals surface area contributed by atoms with Crippen LogP contribution in [0.15, 0.2) is 16.8 Å². The predicted octanol–water partition coefficient (Wildman–Crippen LogP) is 1.85. The summed E-state index contributed by atoms with van der Waals surface area (Å²) in [4.78, 5) is 13.7. The minimum atomic E-state index is 0. The van der Waals surface area contributed by atoms with Crippen molar-refractivity contribution >= 4 is 29.7 Å². The van der Waals surface area contributed by atoms with Crippen molar-refractivity contribution in [3.05, 3.63) is 22.4 Å². The second-order valence-corrected chi connectivity index (χ2v) is 4.84. The van der Waals surface area contributed by atoms with Gasteiger partial charge in [-0.25, -0.2) is 0 Å². The molecule has 90 valence electrons. The summed E-state index contributed by atoms with van der Waals surface area (Å²) in [6.07, 6.45) is 1.18. The first kappa shape index (κ1) is 13.5. The fourth-order valence-corrected chi connectivity index (χ4v) is 2.58. The Morgan fingerprint density at radius 3 is 3.06 bits per heavy atom. The van der Waals surface area contributed by atoms with Gasteiger partial charge in [0.05, 0.1) is 5.56 Å². The molecule has 0 radical (unpaired) electrons. The molecule has 1 amide bonds. The summed E-state index contributed by atoms with van der Waals surface area (Å²) in [6.45, 7) is 2.99. The zero-order chi connectivity index (χ0) is 10.7. The van der Waals surface area contributed by atoms with E-state index in [0.29, 0.717) is 5.92 Å². The Morgan fingerprint density at radius 2 is 2.50 bits per heavy atom. The summed E-state index contributed by atoms with van der Waals surface area (Å²) in [6, 6.07) is 1.89. The lowest BCUT2D eigenvalue weighted by atomic mass is 10.1. The van der Waals surface area contributed by atoms with Crippen molar-refractivity contribution < 1.29 is 4.79 Å². The smallest absolute Gasteiger partial charge is 0.254 e. The second kappa shape index (κ2) is 6.23. The highest BCUT2D eigenvalue weighted by Crippen LogP contribution is 2.13. The number of hydrogen-bond donors (Lipinski definition) is 1. The number of halogens is 1. The third-order valence-electron chi connectivity index (χ3n) is 2.81. The summed E-state index contributed by atoms with van der Waals surface area (Å²) in [5.74, 6) is 0.765. The molecule has 0 aliphatic carbocycles. The lowest BCUT2D eigenvalue weighted by molar-refractivity contribution is 0.0776. The van der Waals surface area contributed by atoms with Crippen LogP contribution in [0.4, 0.5) is 0 Å². The largest absolute Gasteiger partial charge is 0.341 e. The van der Waals surface area contributed by atoms with Crippen molar-refractivity contribution in [2.75, 3.05) is 26.7 Å². The van der Waals surface area contributed by atoms with Gasteiger partial charge in [0, 0.05) is 19.0 Å². The van der Waals surface area contributed by atoms with Crippen LogP contribution in [0.3, 0.4) is 0 Å². The number of amides is 1. The maximum Gasteiger partial charge on any atom is 0.254 e. The Morgan fingerprint density at radius 1 is 1.69 bits per heavy atom. The maximum atomic E-state index is 11.9. The van der Waals surface area contributed by atoms with Gasteiger partial charge < -0.3 is 10.2 Å². The van der Waals surface area contributed by atoms with Gasteiger partial charge in [-0.3, -0.25) is 4.79 Å². The molecule has 1 aliphatic heterocycles. The van der Waals surface area contributed by atoms with E-state index < -0.39 is 0 Å². The van der Waals surface area contributed by atoms with Crippen LogP contribution in [-0.2, 0) is 0 Å². The van der Waals surface area contributed by atoms with E-state index >= 15 is 0 Å². The number of carbonyl (C=O) groups is 1. The minimum Gasteiger partial charge on any atom is -0.341 e. The SMILES string of the molecule is CN(CC1CCNC1)C(=O)c1ccsc1.Cl. The van der Waals surface area contributed by atoms with E-state index in [-0.39, 0.29) is 18.3 Å². The monoisotopic (exact) mass is 260 g/mol. The average Bonchev–Trinajstić information content (AvgIpc) is 2.88. The molecule has 1 N–H and O–H groups in total. The molecule has 5 heteroatoms. The fourth-order valence-electron chi connectivity index (χ4n) is 1.95. The van der Waals surface area contributed by atoms with Gasteiger partial charge >= 0.3 is 0 Å². The molecule has 1 fully saturated rings. The summed E-state index contributed by atoms with van der Waals surface area (Å²) >= 11 is 1.57. The summed E-state index contributed by atoms with van der Waals surface area (Å²) < 4.78 is 0. The zero-order valence-corrected chi connectivity index (χ0v) is 10.9. The van der Waals surface area contributed by atoms with Gasteiger partial charge in [-0.05, 0) is 36.9 Å². The molecule has 1 aliphatic rings. The third kappa shape index (κ3) is 3.20. The molecule has 0 saturated carbocycles. The minimum absolute atomic E-state index is 0. The quantitative estimate of drug-likeness (QED) is 0.900. The molecule has 16 heavy (non-hydrogen) atoms. The summed E-state index contributed by atoms with van der Waals surface area (Å²) in [7, 11) is 1.89. The van der Waals surface area contributed by atoms with E-state index in [2.05, 4.69) is 5.32 Å². The van der Waals surface area contributed by atoms with E-state index in [0.717, 1.165) is 25.2 Å². The highest BCUT2D eigenvalue weighted by atomic mass is 35.5. The number of nitrogens with one attached hydrogen (secondary N) is 1. The first-order valence-corrected chi connectivity index (χ1v) is 6.20. The van der Waals surface area contributed by atoms with E-state index in [9.17, 15) is 4.79 Å². The standard InChI is InChI=1S/C11H16N2OS.ClH/c1-13(7-9-2-4-12-6-9)11(14)10-3-5-15-8-10;/h3,5,8-9,12H,2,4,6-7H2,1H3;1H. The van der Waals surface area contributed by atoms with E-state index in [4.69, 9.17) is 0 Å². The topological polar surface area (TPSA) is 32.3 Å². The van der Waals surface area contributed by atoms with Crippen LogP contribution in [0.5, 0.6) is 0 Å². The Kier molecular flexibility index (Phi) is 5.25. The van der Waals surface area contributed by atoms with Crippen LogP contribution in [0.25, 0.3) is 0 Å². The molecule has 0 spiro atoms. The highest BCUT2D eigenvalue weighted by molar-refractivity contribution is 7.08. The lowest BCUT2D eigenvalue weighted by Gasteiger charge is -2.20. The maximum absolute atomic E-state index is 11.9. The average molecular weight is 261 g/mol. The van der Waals surface area contributed by atoms with Gasteiger partial charge in [-0.15, -0.1) is 12.4 Å². The summed E-state index contributed by atoms with van der Waals surface area (Å²) in [5, 5.41) is 7.17. The first-order valence-electron chi connectivity index (χ1n) is 5.26. The van der Waals surface area contributed by atoms with Crippen LogP contribution in [0.1, 0.15) is 16.8 Å². The molecule has 0 aromatic carbocycles.